The van der Waals surface area contributed by atoms with Crippen LogP contribution in [-0.2, 0) is 32.3 Å². The molecule has 2 heterocycles. The number of nitrogens with zero attached hydrogens (tertiary/aromatic N) is 3. The van der Waals surface area contributed by atoms with Gasteiger partial charge in [0.1, 0.15) is 18.0 Å². The number of alkyl carbamates (subject to hydrolysis) is 1. The van der Waals surface area contributed by atoms with E-state index in [1.54, 1.807) is 24.3 Å². The SMILES string of the molecule is COP(=O)(O)C(COc1ccc(-c2cn(CCCNC(=O)OC(C)(C)C)[n+](C)c2)cc1)ON1C(=O)c2ccccc2C1=O.[I-]. The second-order valence-electron chi connectivity index (χ2n) is 10.8. The molecule has 4 rings (SSSR count). The van der Waals surface area contributed by atoms with Crippen LogP contribution in [-0.4, -0.2) is 64.3 Å². The summed E-state index contributed by atoms with van der Waals surface area (Å²) in [6.07, 6.45) is 4.20. The lowest BCUT2D eigenvalue weighted by Gasteiger charge is -2.25. The monoisotopic (exact) mass is 742 g/mol. The highest BCUT2D eigenvalue weighted by Gasteiger charge is 2.43. The molecule has 0 fully saturated rings. The Labute approximate surface area is 272 Å². The third-order valence-corrected chi connectivity index (χ3v) is 7.94. The Morgan fingerprint density at radius 1 is 1.05 bits per heavy atom. The van der Waals surface area contributed by atoms with Crippen LogP contribution in [0.3, 0.4) is 0 Å². The number of halogens is 1. The van der Waals surface area contributed by atoms with Gasteiger partial charge in [0.15, 0.2) is 7.05 Å². The predicted octanol–water partition coefficient (Wildman–Crippen LogP) is 0.663. The summed E-state index contributed by atoms with van der Waals surface area (Å²) in [5.41, 5.74) is 1.56. The van der Waals surface area contributed by atoms with E-state index in [1.807, 2.05) is 61.7 Å². The second-order valence-corrected chi connectivity index (χ2v) is 12.9. The topological polar surface area (TPSA) is 150 Å². The van der Waals surface area contributed by atoms with E-state index in [9.17, 15) is 23.8 Å². The molecule has 2 unspecified atom stereocenters. The van der Waals surface area contributed by atoms with E-state index in [0.717, 1.165) is 18.2 Å². The Kier molecular flexibility index (Phi) is 11.7. The molecule has 3 amide bonds. The number of hydrogen-bond donors (Lipinski definition) is 2. The smallest absolute Gasteiger partial charge is 0.407 e. The number of imide groups is 1. The number of carbonyl (C=O) groups excluding carboxylic acids is 3. The predicted molar refractivity (Wildman–Crippen MR) is 154 cm³/mol. The number of fused-ring (bicyclic) bond motifs is 1. The van der Waals surface area contributed by atoms with Crippen molar-refractivity contribution in [2.75, 3.05) is 20.3 Å². The third-order valence-electron chi connectivity index (χ3n) is 6.44. The first-order chi connectivity index (χ1) is 20.3. The fourth-order valence-corrected chi connectivity index (χ4v) is 4.99. The lowest BCUT2D eigenvalue weighted by molar-refractivity contribution is -0.753. The molecule has 1 aliphatic heterocycles. The molecule has 1 aliphatic rings. The molecule has 0 spiro atoms. The normalized spacial score (nSPS) is 14.8. The van der Waals surface area contributed by atoms with Crippen LogP contribution < -0.4 is 38.7 Å². The van der Waals surface area contributed by atoms with Crippen LogP contribution in [0.1, 0.15) is 47.9 Å². The summed E-state index contributed by atoms with van der Waals surface area (Å²) in [5.74, 6) is -2.78. The van der Waals surface area contributed by atoms with E-state index in [0.29, 0.717) is 30.3 Å². The zero-order valence-electron chi connectivity index (χ0n) is 25.1. The third kappa shape index (κ3) is 8.66. The molecule has 238 valence electrons. The quantitative estimate of drug-likeness (QED) is 0.0898. The molecule has 0 bridgehead atoms. The van der Waals surface area contributed by atoms with Crippen molar-refractivity contribution in [3.05, 3.63) is 72.1 Å². The van der Waals surface area contributed by atoms with Crippen LogP contribution in [0.2, 0.25) is 0 Å². The molecule has 15 heteroatoms. The summed E-state index contributed by atoms with van der Waals surface area (Å²) in [4.78, 5) is 52.9. The van der Waals surface area contributed by atoms with Crippen molar-refractivity contribution in [1.82, 2.24) is 15.1 Å². The Bertz CT molecular complexity index is 1500. The standard InChI is InChI=1S/C29H35N4O9P.HI/c1-29(2,3)41-28(36)30-15-8-16-32-18-21(17-31(32)4)20-11-13-22(14-12-20)40-19-25(43(37,38)39-5)42-33-26(34)23-9-6-7-10-24(23)27(33)35;/h6-7,9-14,17-18,25H,8,15-16,19H2,1-5H3,(H-,30,36,37,38);1H. The molecule has 2 aromatic carbocycles. The van der Waals surface area contributed by atoms with Crippen LogP contribution >= 0.6 is 7.60 Å². The van der Waals surface area contributed by atoms with Crippen LogP contribution in [0.25, 0.3) is 11.1 Å². The molecule has 0 radical (unpaired) electrons. The van der Waals surface area contributed by atoms with Gasteiger partial charge in [0.25, 0.3) is 11.8 Å². The number of nitrogens with one attached hydrogen (secondary N) is 1. The minimum Gasteiger partial charge on any atom is -1.00 e. The Morgan fingerprint density at radius 2 is 1.66 bits per heavy atom. The van der Waals surface area contributed by atoms with Gasteiger partial charge in [-0.2, -0.15) is 4.68 Å². The highest BCUT2D eigenvalue weighted by Crippen LogP contribution is 2.48. The minimum atomic E-state index is -4.44. The van der Waals surface area contributed by atoms with Gasteiger partial charge in [0.05, 0.1) is 29.4 Å². The van der Waals surface area contributed by atoms with E-state index < -0.39 is 43.6 Å². The summed E-state index contributed by atoms with van der Waals surface area (Å²) < 4.78 is 32.3. The zero-order chi connectivity index (χ0) is 31.4. The van der Waals surface area contributed by atoms with Crippen molar-refractivity contribution in [3.8, 4) is 16.9 Å². The van der Waals surface area contributed by atoms with Gasteiger partial charge in [-0.05, 0) is 57.0 Å². The fourth-order valence-electron chi connectivity index (χ4n) is 4.27. The number of amides is 3. The van der Waals surface area contributed by atoms with Crippen LogP contribution in [0.5, 0.6) is 5.75 Å². The number of ether oxygens (including phenoxy) is 2. The lowest BCUT2D eigenvalue weighted by Crippen LogP contribution is -3.00. The lowest BCUT2D eigenvalue weighted by atomic mass is 10.1. The van der Waals surface area contributed by atoms with Crippen molar-refractivity contribution in [2.24, 2.45) is 7.05 Å². The zero-order valence-corrected chi connectivity index (χ0v) is 28.1. The van der Waals surface area contributed by atoms with Crippen molar-refractivity contribution in [2.45, 2.75) is 45.2 Å². The van der Waals surface area contributed by atoms with Gasteiger partial charge < -0.3 is 48.2 Å². The van der Waals surface area contributed by atoms with Crippen molar-refractivity contribution in [3.63, 3.8) is 0 Å². The molecule has 13 nitrogen and oxygen atoms in total. The van der Waals surface area contributed by atoms with Crippen LogP contribution in [0.15, 0.2) is 60.9 Å². The summed E-state index contributed by atoms with van der Waals surface area (Å²) in [6, 6.07) is 13.2. The Hall–Kier alpha value is -3.30. The highest BCUT2D eigenvalue weighted by molar-refractivity contribution is 7.53. The molecular weight excluding hydrogens is 706 g/mol. The van der Waals surface area contributed by atoms with Gasteiger partial charge in [0, 0.05) is 13.7 Å². The summed E-state index contributed by atoms with van der Waals surface area (Å²) in [7, 11) is -1.50. The first kappa shape index (κ1) is 35.2. The Morgan fingerprint density at radius 3 is 2.23 bits per heavy atom. The minimum absolute atomic E-state index is 0. The number of aryl methyl sites for hydroxylation is 2. The van der Waals surface area contributed by atoms with E-state index in [-0.39, 0.29) is 35.1 Å². The fraction of sp³-hybridized carbons (Fsp3) is 0.379. The number of benzene rings is 2. The van der Waals surface area contributed by atoms with E-state index in [1.165, 1.54) is 12.1 Å². The number of hydroxylamine groups is 2. The molecule has 2 atom stereocenters. The first-order valence-corrected chi connectivity index (χ1v) is 15.2. The van der Waals surface area contributed by atoms with Gasteiger partial charge in [0.2, 0.25) is 12.0 Å². The maximum atomic E-state index is 12.7. The largest absolute Gasteiger partial charge is 1.00 e. The molecule has 0 aliphatic carbocycles. The van der Waals surface area contributed by atoms with Gasteiger partial charge in [-0.15, -0.1) is 9.75 Å². The molecule has 0 saturated carbocycles. The van der Waals surface area contributed by atoms with E-state index in [4.69, 9.17) is 18.8 Å². The van der Waals surface area contributed by atoms with Crippen LogP contribution in [0, 0.1) is 0 Å². The Balaban J connectivity index is 0.00000529. The number of rotatable bonds is 12. The summed E-state index contributed by atoms with van der Waals surface area (Å²) >= 11 is 0. The van der Waals surface area contributed by atoms with Gasteiger partial charge in [-0.1, -0.05) is 24.3 Å². The average molecular weight is 743 g/mol. The van der Waals surface area contributed by atoms with Crippen molar-refractivity contribution >= 4 is 25.5 Å². The van der Waals surface area contributed by atoms with E-state index >= 15 is 0 Å². The maximum absolute atomic E-state index is 12.7. The van der Waals surface area contributed by atoms with Crippen molar-refractivity contribution in [1.29, 1.82) is 0 Å². The van der Waals surface area contributed by atoms with Gasteiger partial charge in [-0.25, -0.2) is 9.63 Å². The number of aromatic nitrogens is 2. The molecule has 44 heavy (non-hydrogen) atoms. The molecule has 1 aromatic heterocycles. The van der Waals surface area contributed by atoms with Gasteiger partial charge in [-0.3, -0.25) is 14.2 Å². The number of carbonyl (C=O) groups is 3. The van der Waals surface area contributed by atoms with Gasteiger partial charge >= 0.3 is 13.7 Å². The summed E-state index contributed by atoms with van der Waals surface area (Å²) in [6.45, 7) is 6.10. The average Bonchev–Trinajstić information content (AvgIpc) is 3.44. The first-order valence-electron chi connectivity index (χ1n) is 13.6. The summed E-state index contributed by atoms with van der Waals surface area (Å²) in [5, 5.41) is 3.21. The molecular formula is C29H36IN4O9P. The van der Waals surface area contributed by atoms with E-state index in [2.05, 4.69) is 5.32 Å². The maximum Gasteiger partial charge on any atom is 0.407 e. The molecule has 0 saturated heterocycles. The van der Waals surface area contributed by atoms with Crippen molar-refractivity contribution < 1.29 is 71.3 Å². The second kappa shape index (κ2) is 14.7. The highest BCUT2D eigenvalue weighted by atomic mass is 127. The molecule has 3 aromatic rings. The van der Waals surface area contributed by atoms with Crippen LogP contribution in [0.4, 0.5) is 4.79 Å². The molecule has 2 N–H and O–H groups in total. The number of hydrogen-bond acceptors (Lipinski definition) is 8.